The van der Waals surface area contributed by atoms with Gasteiger partial charge in [0.1, 0.15) is 0 Å². The number of hydrogen-bond donors (Lipinski definition) is 1. The lowest BCUT2D eigenvalue weighted by atomic mass is 10.1. The van der Waals surface area contributed by atoms with Crippen LogP contribution in [0.2, 0.25) is 0 Å². The van der Waals surface area contributed by atoms with Crippen molar-refractivity contribution in [1.82, 2.24) is 15.0 Å². The van der Waals surface area contributed by atoms with Gasteiger partial charge in [-0.3, -0.25) is 4.98 Å². The smallest absolute Gasteiger partial charge is 0.160 e. The fraction of sp³-hybridized carbons (Fsp3) is 0.118. The largest absolute Gasteiger partial charge is 0.392 e. The summed E-state index contributed by atoms with van der Waals surface area (Å²) >= 11 is 0. The van der Waals surface area contributed by atoms with Crippen molar-refractivity contribution in [2.45, 2.75) is 13.5 Å². The second kappa shape index (κ2) is 5.81. The summed E-state index contributed by atoms with van der Waals surface area (Å²) in [6.07, 6.45) is 3.44. The fourth-order valence-corrected chi connectivity index (χ4v) is 2.25. The molecule has 0 atom stereocenters. The Morgan fingerprint density at radius 3 is 2.29 bits per heavy atom. The maximum atomic E-state index is 9.63. The number of aromatic nitrogens is 3. The normalized spacial score (nSPS) is 10.6. The van der Waals surface area contributed by atoms with Gasteiger partial charge in [-0.15, -0.1) is 0 Å². The summed E-state index contributed by atoms with van der Waals surface area (Å²) < 4.78 is 0. The van der Waals surface area contributed by atoms with Gasteiger partial charge in [-0.2, -0.15) is 0 Å². The number of rotatable bonds is 3. The summed E-state index contributed by atoms with van der Waals surface area (Å²) in [5.74, 6) is 0.664. The molecule has 0 aliphatic carbocycles. The zero-order chi connectivity index (χ0) is 14.7. The van der Waals surface area contributed by atoms with Crippen LogP contribution in [0.5, 0.6) is 0 Å². The van der Waals surface area contributed by atoms with E-state index in [0.717, 1.165) is 28.1 Å². The molecule has 1 aromatic carbocycles. The highest BCUT2D eigenvalue weighted by Crippen LogP contribution is 2.26. The van der Waals surface area contributed by atoms with E-state index < -0.39 is 0 Å². The first-order chi connectivity index (χ1) is 10.3. The molecule has 0 bridgehead atoms. The Kier molecular flexibility index (Phi) is 3.71. The standard InChI is InChI=1S/C17H15N3O/c1-12-15(11-21)16(13-7-9-18-10-8-13)20-17(19-12)14-5-3-2-4-6-14/h2-10,21H,11H2,1H3. The topological polar surface area (TPSA) is 58.9 Å². The molecular weight excluding hydrogens is 262 g/mol. The van der Waals surface area contributed by atoms with Crippen molar-refractivity contribution in [2.24, 2.45) is 0 Å². The van der Waals surface area contributed by atoms with Crippen molar-refractivity contribution >= 4 is 0 Å². The molecule has 1 N–H and O–H groups in total. The number of aliphatic hydroxyl groups excluding tert-OH is 1. The summed E-state index contributed by atoms with van der Waals surface area (Å²) in [7, 11) is 0. The van der Waals surface area contributed by atoms with E-state index in [4.69, 9.17) is 0 Å². The highest BCUT2D eigenvalue weighted by Gasteiger charge is 2.13. The second-order valence-electron chi connectivity index (χ2n) is 4.72. The molecule has 0 saturated carbocycles. The Labute approximate surface area is 123 Å². The molecule has 3 aromatic rings. The Morgan fingerprint density at radius 2 is 1.62 bits per heavy atom. The molecule has 2 aromatic heterocycles. The van der Waals surface area contributed by atoms with Gasteiger partial charge in [-0.25, -0.2) is 9.97 Å². The molecular formula is C17H15N3O. The van der Waals surface area contributed by atoms with Crippen molar-refractivity contribution in [2.75, 3.05) is 0 Å². The van der Waals surface area contributed by atoms with E-state index in [9.17, 15) is 5.11 Å². The lowest BCUT2D eigenvalue weighted by Crippen LogP contribution is -2.03. The van der Waals surface area contributed by atoms with Crippen molar-refractivity contribution in [1.29, 1.82) is 0 Å². The average Bonchev–Trinajstić information content (AvgIpc) is 2.55. The predicted octanol–water partition coefficient (Wildman–Crippen LogP) is 3.01. The van der Waals surface area contributed by atoms with Crippen molar-refractivity contribution in [3.8, 4) is 22.6 Å². The Bertz CT molecular complexity index is 743. The zero-order valence-corrected chi connectivity index (χ0v) is 11.7. The van der Waals surface area contributed by atoms with E-state index in [1.165, 1.54) is 0 Å². The van der Waals surface area contributed by atoms with Crippen LogP contribution in [0.15, 0.2) is 54.9 Å². The lowest BCUT2D eigenvalue weighted by molar-refractivity contribution is 0.280. The maximum absolute atomic E-state index is 9.63. The van der Waals surface area contributed by atoms with Gasteiger partial charge in [-0.1, -0.05) is 30.3 Å². The third-order valence-corrected chi connectivity index (χ3v) is 3.36. The number of benzene rings is 1. The molecule has 0 aliphatic heterocycles. The molecule has 104 valence electrons. The number of pyridine rings is 1. The highest BCUT2D eigenvalue weighted by molar-refractivity contribution is 5.67. The van der Waals surface area contributed by atoms with Gasteiger partial charge in [0.25, 0.3) is 0 Å². The van der Waals surface area contributed by atoms with Crippen LogP contribution < -0.4 is 0 Å². The Morgan fingerprint density at radius 1 is 0.905 bits per heavy atom. The zero-order valence-electron chi connectivity index (χ0n) is 11.7. The van der Waals surface area contributed by atoms with Gasteiger partial charge in [0.15, 0.2) is 5.82 Å². The van der Waals surface area contributed by atoms with E-state index in [-0.39, 0.29) is 6.61 Å². The summed E-state index contributed by atoms with van der Waals surface area (Å²) in [6.45, 7) is 1.81. The SMILES string of the molecule is Cc1nc(-c2ccccc2)nc(-c2ccncc2)c1CO. The first-order valence-electron chi connectivity index (χ1n) is 6.74. The molecule has 4 heteroatoms. The van der Waals surface area contributed by atoms with Crippen LogP contribution in [0.25, 0.3) is 22.6 Å². The second-order valence-corrected chi connectivity index (χ2v) is 4.72. The Balaban J connectivity index is 2.21. The van der Waals surface area contributed by atoms with E-state index in [0.29, 0.717) is 5.82 Å². The third-order valence-electron chi connectivity index (χ3n) is 3.36. The summed E-state index contributed by atoms with van der Waals surface area (Å²) in [4.78, 5) is 13.2. The Hall–Kier alpha value is -2.59. The number of nitrogens with zero attached hydrogens (tertiary/aromatic N) is 3. The van der Waals surface area contributed by atoms with E-state index in [1.807, 2.05) is 49.4 Å². The van der Waals surface area contributed by atoms with Gasteiger partial charge < -0.3 is 5.11 Å². The molecule has 0 spiro atoms. The molecule has 0 radical (unpaired) electrons. The molecule has 2 heterocycles. The minimum Gasteiger partial charge on any atom is -0.392 e. The minimum absolute atomic E-state index is 0.0848. The summed E-state index contributed by atoms with van der Waals surface area (Å²) in [5.41, 5.74) is 4.18. The van der Waals surface area contributed by atoms with Crippen LogP contribution in [-0.2, 0) is 6.61 Å². The molecule has 0 saturated heterocycles. The van der Waals surface area contributed by atoms with Crippen LogP contribution >= 0.6 is 0 Å². The van der Waals surface area contributed by atoms with Gasteiger partial charge in [0.2, 0.25) is 0 Å². The van der Waals surface area contributed by atoms with Crippen molar-refractivity contribution < 1.29 is 5.11 Å². The van der Waals surface area contributed by atoms with Crippen LogP contribution in [0.1, 0.15) is 11.3 Å². The molecule has 3 rings (SSSR count). The molecule has 4 nitrogen and oxygen atoms in total. The monoisotopic (exact) mass is 277 g/mol. The first-order valence-corrected chi connectivity index (χ1v) is 6.74. The number of hydrogen-bond acceptors (Lipinski definition) is 4. The quantitative estimate of drug-likeness (QED) is 0.799. The van der Waals surface area contributed by atoms with Crippen LogP contribution in [0.3, 0.4) is 0 Å². The van der Waals surface area contributed by atoms with Gasteiger partial charge >= 0.3 is 0 Å². The molecule has 0 aliphatic rings. The van der Waals surface area contributed by atoms with E-state index >= 15 is 0 Å². The lowest BCUT2D eigenvalue weighted by Gasteiger charge is -2.12. The molecule has 21 heavy (non-hydrogen) atoms. The van der Waals surface area contributed by atoms with Crippen molar-refractivity contribution in [3.63, 3.8) is 0 Å². The van der Waals surface area contributed by atoms with Crippen molar-refractivity contribution in [3.05, 3.63) is 66.1 Å². The van der Waals surface area contributed by atoms with E-state index in [2.05, 4.69) is 15.0 Å². The highest BCUT2D eigenvalue weighted by atomic mass is 16.3. The minimum atomic E-state index is -0.0848. The van der Waals surface area contributed by atoms with E-state index in [1.54, 1.807) is 12.4 Å². The maximum Gasteiger partial charge on any atom is 0.160 e. The summed E-state index contributed by atoms with van der Waals surface area (Å²) in [5, 5.41) is 9.63. The number of aryl methyl sites for hydroxylation is 1. The average molecular weight is 277 g/mol. The van der Waals surface area contributed by atoms with Crippen LogP contribution in [0.4, 0.5) is 0 Å². The molecule has 0 fully saturated rings. The first kappa shape index (κ1) is 13.4. The van der Waals surface area contributed by atoms with Gasteiger partial charge in [-0.05, 0) is 19.1 Å². The fourth-order valence-electron chi connectivity index (χ4n) is 2.25. The third kappa shape index (κ3) is 2.66. The number of aliphatic hydroxyl groups is 1. The van der Waals surface area contributed by atoms with Gasteiger partial charge in [0, 0.05) is 34.8 Å². The predicted molar refractivity (Wildman–Crippen MR) is 81.4 cm³/mol. The van der Waals surface area contributed by atoms with Crippen LogP contribution in [-0.4, -0.2) is 20.1 Å². The summed E-state index contributed by atoms with van der Waals surface area (Å²) in [6, 6.07) is 13.6. The van der Waals surface area contributed by atoms with Crippen LogP contribution in [0, 0.1) is 6.92 Å². The van der Waals surface area contributed by atoms with Gasteiger partial charge in [0.05, 0.1) is 12.3 Å². The molecule has 0 unspecified atom stereocenters. The molecule has 0 amide bonds.